The van der Waals surface area contributed by atoms with Gasteiger partial charge in [-0.1, -0.05) is 0 Å². The summed E-state index contributed by atoms with van der Waals surface area (Å²) in [4.78, 5) is 21.8. The second-order valence-electron chi connectivity index (χ2n) is 7.99. The van der Waals surface area contributed by atoms with E-state index in [1.165, 1.54) is 12.1 Å². The summed E-state index contributed by atoms with van der Waals surface area (Å²) < 4.78 is 66.1. The Morgan fingerprint density at radius 3 is 2.79 bits per heavy atom. The average Bonchev–Trinajstić information content (AvgIpc) is 3.37. The van der Waals surface area contributed by atoms with Crippen molar-refractivity contribution in [3.63, 3.8) is 0 Å². The number of fused-ring (bicyclic) bond motifs is 3. The van der Waals surface area contributed by atoms with E-state index < -0.39 is 23.4 Å². The lowest BCUT2D eigenvalue weighted by Gasteiger charge is -2.17. The van der Waals surface area contributed by atoms with E-state index in [2.05, 4.69) is 30.8 Å². The number of alkyl halides is 3. The third-order valence-corrected chi connectivity index (χ3v) is 6.31. The van der Waals surface area contributed by atoms with Crippen molar-refractivity contribution < 1.29 is 27.0 Å². The molecule has 5 rings (SSSR count). The topological polar surface area (TPSA) is 69.5 Å². The van der Waals surface area contributed by atoms with Gasteiger partial charge in [-0.25, -0.2) is 9.18 Å². The minimum Gasteiger partial charge on any atom is -0.473 e. The summed E-state index contributed by atoms with van der Waals surface area (Å²) in [6, 6.07) is 6.54. The van der Waals surface area contributed by atoms with Crippen molar-refractivity contribution in [2.45, 2.75) is 38.2 Å². The van der Waals surface area contributed by atoms with E-state index in [1.54, 1.807) is 10.6 Å². The Bertz CT molecular complexity index is 1290. The van der Waals surface area contributed by atoms with E-state index in [4.69, 9.17) is 9.47 Å². The van der Waals surface area contributed by atoms with Crippen LogP contribution in [-0.2, 0) is 19.3 Å². The first-order chi connectivity index (χ1) is 16.2. The second kappa shape index (κ2) is 8.57. The molecule has 0 unspecified atom stereocenters. The van der Waals surface area contributed by atoms with Crippen molar-refractivity contribution in [2.24, 2.45) is 0 Å². The Hall–Kier alpha value is -3.15. The largest absolute Gasteiger partial charge is 0.473 e. The van der Waals surface area contributed by atoms with Gasteiger partial charge in [-0.15, -0.1) is 0 Å². The third kappa shape index (κ3) is 4.33. The van der Waals surface area contributed by atoms with Crippen LogP contribution in [-0.4, -0.2) is 27.1 Å². The molecule has 2 aliphatic rings. The Morgan fingerprint density at radius 2 is 2.03 bits per heavy atom. The molecule has 0 bridgehead atoms. The van der Waals surface area contributed by atoms with Crippen LogP contribution in [0.5, 0.6) is 17.4 Å². The molecular weight excluding hydrogens is 524 g/mol. The molecule has 34 heavy (non-hydrogen) atoms. The summed E-state index contributed by atoms with van der Waals surface area (Å²) in [5.74, 6) is -0.396. The quantitative estimate of drug-likeness (QED) is 0.428. The van der Waals surface area contributed by atoms with Crippen LogP contribution in [0.3, 0.4) is 0 Å². The SMILES string of the molecule is O=c1nc(OCc2cc(F)c(Oc3ccnc(C(F)(F)F)c3)c(Br)c2)cc2n1C[C@H]1CCCN21. The maximum Gasteiger partial charge on any atom is 0.433 e. The molecule has 2 aromatic heterocycles. The minimum absolute atomic E-state index is 0.0808. The van der Waals surface area contributed by atoms with Crippen molar-refractivity contribution in [3.05, 3.63) is 68.6 Å². The number of benzene rings is 1. The van der Waals surface area contributed by atoms with Gasteiger partial charge in [0.1, 0.15) is 23.9 Å². The Labute approximate surface area is 199 Å². The van der Waals surface area contributed by atoms with Gasteiger partial charge >= 0.3 is 11.9 Å². The van der Waals surface area contributed by atoms with E-state index in [0.29, 0.717) is 24.2 Å². The molecule has 1 fully saturated rings. The van der Waals surface area contributed by atoms with E-state index in [9.17, 15) is 22.4 Å². The van der Waals surface area contributed by atoms with Crippen molar-refractivity contribution in [1.29, 1.82) is 0 Å². The highest BCUT2D eigenvalue weighted by molar-refractivity contribution is 9.10. The van der Waals surface area contributed by atoms with Crippen molar-refractivity contribution >= 4 is 21.7 Å². The van der Waals surface area contributed by atoms with E-state index >= 15 is 0 Å². The van der Waals surface area contributed by atoms with Crippen LogP contribution in [0, 0.1) is 5.82 Å². The van der Waals surface area contributed by atoms with Gasteiger partial charge in [-0.05, 0) is 52.5 Å². The average molecular weight is 541 g/mol. The molecule has 178 valence electrons. The van der Waals surface area contributed by atoms with Crippen LogP contribution in [0.15, 0.2) is 45.8 Å². The van der Waals surface area contributed by atoms with Gasteiger partial charge in [0.15, 0.2) is 11.6 Å². The molecule has 0 spiro atoms. The first-order valence-corrected chi connectivity index (χ1v) is 11.2. The number of ether oxygens (including phenoxy) is 2. The van der Waals surface area contributed by atoms with Crippen LogP contribution >= 0.6 is 15.9 Å². The summed E-state index contributed by atoms with van der Waals surface area (Å²) >= 11 is 3.19. The molecule has 1 atom stereocenters. The number of pyridine rings is 1. The molecule has 2 aliphatic heterocycles. The van der Waals surface area contributed by atoms with E-state index in [1.807, 2.05) is 0 Å². The Balaban J connectivity index is 1.32. The van der Waals surface area contributed by atoms with Crippen LogP contribution in [0.25, 0.3) is 0 Å². The summed E-state index contributed by atoms with van der Waals surface area (Å²) in [7, 11) is 0. The molecule has 0 amide bonds. The number of hydrogen-bond donors (Lipinski definition) is 0. The molecule has 3 aromatic rings. The minimum atomic E-state index is -4.65. The molecule has 4 heterocycles. The highest BCUT2D eigenvalue weighted by Crippen LogP contribution is 2.36. The highest BCUT2D eigenvalue weighted by Gasteiger charge is 2.35. The monoisotopic (exact) mass is 540 g/mol. The number of halogens is 5. The van der Waals surface area contributed by atoms with Gasteiger partial charge in [-0.2, -0.15) is 18.2 Å². The molecule has 0 saturated carbocycles. The molecule has 0 radical (unpaired) electrons. The third-order valence-electron chi connectivity index (χ3n) is 5.72. The van der Waals surface area contributed by atoms with E-state index in [-0.39, 0.29) is 28.5 Å². The van der Waals surface area contributed by atoms with Crippen molar-refractivity contribution in [3.8, 4) is 17.4 Å². The molecule has 12 heteroatoms. The van der Waals surface area contributed by atoms with Crippen molar-refractivity contribution in [1.82, 2.24) is 14.5 Å². The highest BCUT2D eigenvalue weighted by atomic mass is 79.9. The van der Waals surface area contributed by atoms with Crippen LogP contribution < -0.4 is 20.1 Å². The van der Waals surface area contributed by atoms with Crippen LogP contribution in [0.1, 0.15) is 24.1 Å². The predicted molar refractivity (Wildman–Crippen MR) is 117 cm³/mol. The van der Waals surface area contributed by atoms with Crippen LogP contribution in [0.2, 0.25) is 0 Å². The Morgan fingerprint density at radius 1 is 1.21 bits per heavy atom. The van der Waals surface area contributed by atoms with Crippen molar-refractivity contribution in [2.75, 3.05) is 11.4 Å². The second-order valence-corrected chi connectivity index (χ2v) is 8.84. The van der Waals surface area contributed by atoms with Gasteiger partial charge in [-0.3, -0.25) is 9.55 Å². The fourth-order valence-corrected chi connectivity index (χ4v) is 4.76. The standard InChI is InChI=1S/C22H17BrF4N4O3/c23-15-6-12(7-16(24)20(15)34-14-3-4-28-17(8-14)22(25,26)27)11-33-18-9-19-30-5-1-2-13(30)10-31(19)21(32)29-18/h3-4,6-9,13H,1-2,5,10-11H2/t13-/m1/s1. The number of anilines is 1. The fraction of sp³-hybridized carbons (Fsp3) is 0.318. The van der Waals surface area contributed by atoms with Gasteiger partial charge in [0, 0.05) is 37.5 Å². The molecule has 0 aliphatic carbocycles. The number of rotatable bonds is 5. The first-order valence-electron chi connectivity index (χ1n) is 10.4. The lowest BCUT2D eigenvalue weighted by molar-refractivity contribution is -0.141. The summed E-state index contributed by atoms with van der Waals surface area (Å²) in [6.45, 7) is 1.40. The maximum atomic E-state index is 14.7. The maximum absolute atomic E-state index is 14.7. The summed E-state index contributed by atoms with van der Waals surface area (Å²) in [5.41, 5.74) is -1.14. The number of nitrogens with zero attached hydrogens (tertiary/aromatic N) is 4. The van der Waals surface area contributed by atoms with E-state index in [0.717, 1.165) is 37.5 Å². The molecule has 1 saturated heterocycles. The zero-order valence-corrected chi connectivity index (χ0v) is 19.1. The first kappa shape index (κ1) is 22.6. The zero-order valence-electron chi connectivity index (χ0n) is 17.5. The Kier molecular flexibility index (Phi) is 5.70. The van der Waals surface area contributed by atoms with Gasteiger partial charge in [0.25, 0.3) is 0 Å². The van der Waals surface area contributed by atoms with Gasteiger partial charge in [0.2, 0.25) is 5.88 Å². The van der Waals surface area contributed by atoms with Gasteiger partial charge in [0.05, 0.1) is 4.47 Å². The fourth-order valence-electron chi connectivity index (χ4n) is 4.19. The lowest BCUT2D eigenvalue weighted by atomic mass is 10.2. The molecule has 7 nitrogen and oxygen atoms in total. The normalized spacial score (nSPS) is 17.0. The lowest BCUT2D eigenvalue weighted by Crippen LogP contribution is -2.24. The molecule has 0 N–H and O–H groups in total. The zero-order chi connectivity index (χ0) is 24.0. The number of hydrogen-bond acceptors (Lipinski definition) is 6. The van der Waals surface area contributed by atoms with Gasteiger partial charge < -0.3 is 14.4 Å². The summed E-state index contributed by atoms with van der Waals surface area (Å²) in [6.07, 6.45) is -1.63. The smallest absolute Gasteiger partial charge is 0.433 e. The molecule has 1 aromatic carbocycles. The summed E-state index contributed by atoms with van der Waals surface area (Å²) in [5, 5.41) is 0. The molecular formula is C22H17BrF4N4O3. The predicted octanol–water partition coefficient (Wildman–Crippen LogP) is 4.91. The van der Waals surface area contributed by atoms with Crippen LogP contribution in [0.4, 0.5) is 23.4 Å². The number of aromatic nitrogens is 3.